The van der Waals surface area contributed by atoms with Gasteiger partial charge >= 0.3 is 0 Å². The first-order valence-corrected chi connectivity index (χ1v) is 11.0. The van der Waals surface area contributed by atoms with Crippen LogP contribution in [0.25, 0.3) is 10.2 Å². The number of thioether (sulfide) groups is 1. The van der Waals surface area contributed by atoms with Gasteiger partial charge < -0.3 is 14.2 Å². The Morgan fingerprint density at radius 3 is 2.67 bits per heavy atom. The van der Waals surface area contributed by atoms with Crippen LogP contribution in [0, 0.1) is 0 Å². The molecule has 1 aromatic heterocycles. The number of imide groups is 1. The number of fused-ring (bicyclic) bond motifs is 1. The molecule has 2 heterocycles. The van der Waals surface area contributed by atoms with Gasteiger partial charge in [0.05, 0.1) is 36.7 Å². The number of carbonyl (C=O) groups excluding carboxylic acids is 2. The van der Waals surface area contributed by atoms with E-state index in [1.807, 2.05) is 25.1 Å². The summed E-state index contributed by atoms with van der Waals surface area (Å²) in [5.74, 6) is 1.24. The number of ether oxygens (including phenoxy) is 3. The summed E-state index contributed by atoms with van der Waals surface area (Å²) < 4.78 is 17.8. The first kappa shape index (κ1) is 20.5. The number of hydrogen-bond donors (Lipinski definition) is 0. The van der Waals surface area contributed by atoms with E-state index in [0.29, 0.717) is 23.8 Å². The topological polar surface area (TPSA) is 78.0 Å². The number of benzene rings is 2. The van der Waals surface area contributed by atoms with Crippen LogP contribution in [-0.4, -0.2) is 42.9 Å². The van der Waals surface area contributed by atoms with E-state index in [4.69, 9.17) is 14.2 Å². The summed E-state index contributed by atoms with van der Waals surface area (Å²) in [6.07, 6.45) is 0.110. The summed E-state index contributed by atoms with van der Waals surface area (Å²) in [5, 5.41) is -0.531. The number of methoxy groups -OCH3 is 2. The van der Waals surface area contributed by atoms with Gasteiger partial charge in [0.15, 0.2) is 4.34 Å². The maximum Gasteiger partial charge on any atom is 0.247 e. The molecule has 1 fully saturated rings. The molecule has 30 heavy (non-hydrogen) atoms. The predicted octanol–water partition coefficient (Wildman–Crippen LogP) is 4.14. The Hall–Kier alpha value is -2.78. The van der Waals surface area contributed by atoms with Gasteiger partial charge in [0.25, 0.3) is 0 Å². The van der Waals surface area contributed by atoms with Crippen molar-refractivity contribution in [1.29, 1.82) is 0 Å². The summed E-state index contributed by atoms with van der Waals surface area (Å²) in [6.45, 7) is 2.53. The van der Waals surface area contributed by atoms with Crippen molar-refractivity contribution in [2.75, 3.05) is 25.7 Å². The lowest BCUT2D eigenvalue weighted by Gasteiger charge is -2.18. The average molecular weight is 445 g/mol. The van der Waals surface area contributed by atoms with Gasteiger partial charge in [-0.3, -0.25) is 9.59 Å². The first-order chi connectivity index (χ1) is 14.5. The van der Waals surface area contributed by atoms with Crippen LogP contribution >= 0.6 is 23.1 Å². The smallest absolute Gasteiger partial charge is 0.247 e. The number of rotatable bonds is 7. The maximum atomic E-state index is 13.1. The van der Waals surface area contributed by atoms with Crippen LogP contribution in [0.1, 0.15) is 13.3 Å². The molecule has 9 heteroatoms. The molecule has 0 aliphatic carbocycles. The molecular weight excluding hydrogens is 424 g/mol. The maximum absolute atomic E-state index is 13.1. The number of aromatic nitrogens is 1. The average Bonchev–Trinajstić information content (AvgIpc) is 3.27. The monoisotopic (exact) mass is 444 g/mol. The van der Waals surface area contributed by atoms with E-state index in [0.717, 1.165) is 20.3 Å². The first-order valence-electron chi connectivity index (χ1n) is 9.33. The van der Waals surface area contributed by atoms with Crippen LogP contribution in [0.4, 0.5) is 5.69 Å². The quantitative estimate of drug-likeness (QED) is 0.507. The van der Waals surface area contributed by atoms with Crippen LogP contribution in [0.3, 0.4) is 0 Å². The predicted molar refractivity (Wildman–Crippen MR) is 117 cm³/mol. The number of hydrogen-bond acceptors (Lipinski definition) is 8. The van der Waals surface area contributed by atoms with E-state index < -0.39 is 5.25 Å². The highest BCUT2D eigenvalue weighted by molar-refractivity contribution is 8.02. The van der Waals surface area contributed by atoms with Crippen LogP contribution in [0.15, 0.2) is 40.7 Å². The summed E-state index contributed by atoms with van der Waals surface area (Å²) >= 11 is 2.80. The van der Waals surface area contributed by atoms with E-state index in [2.05, 4.69) is 4.98 Å². The third-order valence-electron chi connectivity index (χ3n) is 4.63. The fourth-order valence-corrected chi connectivity index (χ4v) is 5.59. The van der Waals surface area contributed by atoms with Crippen molar-refractivity contribution in [1.82, 2.24) is 4.98 Å². The Labute approximate surface area is 181 Å². The lowest BCUT2D eigenvalue weighted by atomic mass is 10.2. The number of anilines is 1. The van der Waals surface area contributed by atoms with E-state index in [1.54, 1.807) is 25.3 Å². The molecule has 0 radical (unpaired) electrons. The zero-order chi connectivity index (χ0) is 21.3. The van der Waals surface area contributed by atoms with Gasteiger partial charge in [-0.25, -0.2) is 9.88 Å². The Morgan fingerprint density at radius 1 is 1.13 bits per heavy atom. The molecule has 7 nitrogen and oxygen atoms in total. The molecule has 4 rings (SSSR count). The van der Waals surface area contributed by atoms with Crippen molar-refractivity contribution < 1.29 is 23.8 Å². The second kappa shape index (κ2) is 8.53. The summed E-state index contributed by atoms with van der Waals surface area (Å²) in [4.78, 5) is 31.5. The summed E-state index contributed by atoms with van der Waals surface area (Å²) in [5.41, 5.74) is 1.26. The molecule has 0 saturated carbocycles. The van der Waals surface area contributed by atoms with Crippen molar-refractivity contribution in [2.24, 2.45) is 0 Å². The molecule has 0 N–H and O–H groups in total. The fraction of sp³-hybridized carbons (Fsp3) is 0.286. The second-order valence-corrected chi connectivity index (χ2v) is 8.94. The molecule has 156 valence electrons. The fourth-order valence-electron chi connectivity index (χ4n) is 3.23. The van der Waals surface area contributed by atoms with Gasteiger partial charge in [-0.05, 0) is 37.3 Å². The molecular formula is C21H20N2O5S2. The van der Waals surface area contributed by atoms with E-state index >= 15 is 0 Å². The van der Waals surface area contributed by atoms with E-state index in [1.165, 1.54) is 35.1 Å². The molecule has 1 saturated heterocycles. The van der Waals surface area contributed by atoms with Crippen molar-refractivity contribution in [3.05, 3.63) is 36.4 Å². The van der Waals surface area contributed by atoms with Gasteiger partial charge in [0.1, 0.15) is 22.5 Å². The molecule has 1 aliphatic heterocycles. The molecule has 0 spiro atoms. The van der Waals surface area contributed by atoms with E-state index in [-0.39, 0.29) is 18.2 Å². The zero-order valence-electron chi connectivity index (χ0n) is 16.7. The second-order valence-electron chi connectivity index (χ2n) is 6.46. The Kier molecular flexibility index (Phi) is 5.83. The largest absolute Gasteiger partial charge is 0.497 e. The number of nitrogens with zero attached hydrogens (tertiary/aromatic N) is 2. The van der Waals surface area contributed by atoms with Crippen LogP contribution < -0.4 is 19.1 Å². The van der Waals surface area contributed by atoms with Crippen LogP contribution in [0.5, 0.6) is 17.2 Å². The normalized spacial score (nSPS) is 16.4. The highest BCUT2D eigenvalue weighted by atomic mass is 32.2. The van der Waals surface area contributed by atoms with Crippen molar-refractivity contribution in [2.45, 2.75) is 22.9 Å². The number of amides is 2. The van der Waals surface area contributed by atoms with Gasteiger partial charge in [-0.1, -0.05) is 11.8 Å². The van der Waals surface area contributed by atoms with Gasteiger partial charge in [-0.2, -0.15) is 0 Å². The molecule has 1 atom stereocenters. The van der Waals surface area contributed by atoms with Crippen molar-refractivity contribution >= 4 is 50.8 Å². The lowest BCUT2D eigenvalue weighted by molar-refractivity contribution is -0.121. The minimum Gasteiger partial charge on any atom is -0.497 e. The molecule has 0 bridgehead atoms. The number of thiazole rings is 1. The minimum absolute atomic E-state index is 0.110. The summed E-state index contributed by atoms with van der Waals surface area (Å²) in [7, 11) is 3.04. The zero-order valence-corrected chi connectivity index (χ0v) is 18.3. The SMILES string of the molecule is CCOc1ccc2nc(S[C@@H]3CC(=O)N(c4ccc(OC)cc4OC)C3=O)sc2c1. The Balaban J connectivity index is 1.57. The molecule has 0 unspecified atom stereocenters. The van der Waals surface area contributed by atoms with Gasteiger partial charge in [0, 0.05) is 12.5 Å². The minimum atomic E-state index is -0.531. The van der Waals surface area contributed by atoms with E-state index in [9.17, 15) is 9.59 Å². The van der Waals surface area contributed by atoms with Crippen molar-refractivity contribution in [3.63, 3.8) is 0 Å². The van der Waals surface area contributed by atoms with Crippen LogP contribution in [0.2, 0.25) is 0 Å². The standard InChI is InChI=1S/C21H20N2O5S2/c1-4-28-13-5-7-14-17(10-13)29-21(22-14)30-18-11-19(24)23(20(18)25)15-8-6-12(26-2)9-16(15)27-3/h5-10,18H,4,11H2,1-3H3/t18-/m1/s1. The molecule has 2 aromatic carbocycles. The highest BCUT2D eigenvalue weighted by Crippen LogP contribution is 2.41. The van der Waals surface area contributed by atoms with Gasteiger partial charge in [-0.15, -0.1) is 11.3 Å². The third-order valence-corrected chi connectivity index (χ3v) is 6.92. The summed E-state index contributed by atoms with van der Waals surface area (Å²) in [6, 6.07) is 10.7. The molecule has 2 amide bonds. The van der Waals surface area contributed by atoms with Crippen molar-refractivity contribution in [3.8, 4) is 17.2 Å². The number of carbonyl (C=O) groups is 2. The molecule has 1 aliphatic rings. The van der Waals surface area contributed by atoms with Gasteiger partial charge in [0.2, 0.25) is 11.8 Å². The third kappa shape index (κ3) is 3.82. The Bertz CT molecular complexity index is 1110. The van der Waals surface area contributed by atoms with Crippen LogP contribution in [-0.2, 0) is 9.59 Å². The molecule has 3 aromatic rings. The Morgan fingerprint density at radius 2 is 1.93 bits per heavy atom. The highest BCUT2D eigenvalue weighted by Gasteiger charge is 2.41. The lowest BCUT2D eigenvalue weighted by Crippen LogP contribution is -2.31.